The molecule has 0 bridgehead atoms. The Bertz CT molecular complexity index is 3450. The molecule has 10 aromatic carbocycles. The number of rotatable bonds is 3. The largest absolute Gasteiger partial charge is 0.456 e. The highest BCUT2D eigenvalue weighted by atomic mass is 32.1. The van der Waals surface area contributed by atoms with Crippen LogP contribution in [0.2, 0.25) is 0 Å². The molecule has 0 saturated heterocycles. The van der Waals surface area contributed by atoms with Crippen molar-refractivity contribution in [3.63, 3.8) is 0 Å². The van der Waals surface area contributed by atoms with E-state index in [2.05, 4.69) is 182 Å². The second-order valence-corrected chi connectivity index (χ2v) is 15.5. The highest BCUT2D eigenvalue weighted by molar-refractivity contribution is 7.25. The molecule has 250 valence electrons. The lowest BCUT2D eigenvalue weighted by Crippen LogP contribution is -1.91. The zero-order valence-corrected chi connectivity index (χ0v) is 30.0. The molecule has 0 saturated carbocycles. The number of furan rings is 1. The summed E-state index contributed by atoms with van der Waals surface area (Å²) in [4.78, 5) is 0. The van der Waals surface area contributed by atoms with Gasteiger partial charge in [-0.25, -0.2) is 0 Å². The van der Waals surface area contributed by atoms with Gasteiger partial charge in [-0.2, -0.15) is 0 Å². The minimum atomic E-state index is 0.926. The van der Waals surface area contributed by atoms with Crippen LogP contribution in [0.15, 0.2) is 186 Å². The molecule has 0 fully saturated rings. The van der Waals surface area contributed by atoms with Crippen LogP contribution in [0.5, 0.6) is 0 Å². The summed E-state index contributed by atoms with van der Waals surface area (Å²) in [5, 5.41) is 14.9. The van der Waals surface area contributed by atoms with Gasteiger partial charge in [-0.05, 0) is 125 Å². The average molecular weight is 703 g/mol. The van der Waals surface area contributed by atoms with Crippen LogP contribution in [0.1, 0.15) is 0 Å². The highest BCUT2D eigenvalue weighted by Crippen LogP contribution is 2.45. The van der Waals surface area contributed by atoms with Crippen molar-refractivity contribution in [1.29, 1.82) is 0 Å². The Balaban J connectivity index is 1.01. The molecule has 0 N–H and O–H groups in total. The maximum absolute atomic E-state index is 6.54. The predicted octanol–water partition coefficient (Wildman–Crippen LogP) is 15.6. The third-order valence-electron chi connectivity index (χ3n) is 11.4. The number of benzene rings is 10. The number of hydrogen-bond donors (Lipinski definition) is 0. The summed E-state index contributed by atoms with van der Waals surface area (Å²) in [6.07, 6.45) is 0. The molecule has 0 aliphatic rings. The van der Waals surface area contributed by atoms with E-state index in [9.17, 15) is 0 Å². The van der Waals surface area contributed by atoms with E-state index in [-0.39, 0.29) is 0 Å². The molecule has 0 radical (unpaired) electrons. The van der Waals surface area contributed by atoms with E-state index in [1.807, 2.05) is 11.3 Å². The van der Waals surface area contributed by atoms with E-state index in [1.54, 1.807) is 0 Å². The van der Waals surface area contributed by atoms with Crippen LogP contribution in [0.25, 0.3) is 119 Å². The van der Waals surface area contributed by atoms with Gasteiger partial charge < -0.3 is 4.42 Å². The topological polar surface area (TPSA) is 13.1 Å². The van der Waals surface area contributed by atoms with Gasteiger partial charge in [0, 0.05) is 30.9 Å². The summed E-state index contributed by atoms with van der Waals surface area (Å²) in [6, 6.07) is 66.9. The van der Waals surface area contributed by atoms with E-state index in [0.29, 0.717) is 0 Å². The molecule has 1 nitrogen and oxygen atoms in total. The molecule has 0 aliphatic heterocycles. The zero-order chi connectivity index (χ0) is 35.3. The molecular weight excluding hydrogens is 673 g/mol. The zero-order valence-electron chi connectivity index (χ0n) is 29.1. The van der Waals surface area contributed by atoms with Crippen LogP contribution in [-0.2, 0) is 0 Å². The van der Waals surface area contributed by atoms with Crippen LogP contribution in [0.4, 0.5) is 0 Å². The van der Waals surface area contributed by atoms with Crippen molar-refractivity contribution in [3.8, 4) is 33.4 Å². The Morgan fingerprint density at radius 2 is 0.815 bits per heavy atom. The first-order chi connectivity index (χ1) is 26.7. The molecule has 0 amide bonds. The van der Waals surface area contributed by atoms with Gasteiger partial charge in [-0.1, -0.05) is 133 Å². The summed E-state index contributed by atoms with van der Waals surface area (Å²) in [6.45, 7) is 0. The molecular formula is C52H30OS. The Hall–Kier alpha value is -6.74. The first-order valence-corrected chi connectivity index (χ1v) is 19.3. The molecule has 0 spiro atoms. The summed E-state index contributed by atoms with van der Waals surface area (Å²) >= 11 is 1.83. The Morgan fingerprint density at radius 1 is 0.278 bits per heavy atom. The van der Waals surface area contributed by atoms with Gasteiger partial charge in [0.15, 0.2) is 0 Å². The predicted molar refractivity (Wildman–Crippen MR) is 233 cm³/mol. The van der Waals surface area contributed by atoms with Crippen molar-refractivity contribution >= 4 is 96.5 Å². The fourth-order valence-electron chi connectivity index (χ4n) is 8.87. The van der Waals surface area contributed by atoms with Gasteiger partial charge in [0.2, 0.25) is 0 Å². The van der Waals surface area contributed by atoms with Crippen molar-refractivity contribution < 1.29 is 4.42 Å². The highest BCUT2D eigenvalue weighted by Gasteiger charge is 2.18. The quantitative estimate of drug-likeness (QED) is 0.167. The number of hydrogen-bond acceptors (Lipinski definition) is 2. The maximum Gasteiger partial charge on any atom is 0.136 e. The molecule has 0 unspecified atom stereocenters. The lowest BCUT2D eigenvalue weighted by atomic mass is 9.85. The third kappa shape index (κ3) is 4.44. The average Bonchev–Trinajstić information content (AvgIpc) is 3.77. The Kier molecular flexibility index (Phi) is 6.28. The van der Waals surface area contributed by atoms with E-state index >= 15 is 0 Å². The Labute approximate surface area is 314 Å². The van der Waals surface area contributed by atoms with E-state index in [0.717, 1.165) is 16.6 Å². The van der Waals surface area contributed by atoms with Crippen molar-refractivity contribution in [2.45, 2.75) is 0 Å². The van der Waals surface area contributed by atoms with Gasteiger partial charge in [-0.15, -0.1) is 11.3 Å². The maximum atomic E-state index is 6.54. The minimum absolute atomic E-state index is 0.926. The summed E-state index contributed by atoms with van der Waals surface area (Å²) < 4.78 is 9.11. The summed E-state index contributed by atoms with van der Waals surface area (Å²) in [7, 11) is 0. The van der Waals surface area contributed by atoms with Crippen LogP contribution in [0, 0.1) is 0 Å². The van der Waals surface area contributed by atoms with E-state index in [4.69, 9.17) is 4.42 Å². The van der Waals surface area contributed by atoms with Gasteiger partial charge >= 0.3 is 0 Å². The standard InChI is InChI=1S/C52H30OS/c1-2-11-32-24-37(23-20-31(32)10-1)52-42-17-5-3-15-40(42)51(41-16-4-6-18-43(41)52)36-13-9-12-33(25-36)34-21-22-35-27-44-45-29-46-39-14-7-8-19-49(39)54-50(46)30-48(45)53-47(44)28-38(35)26-34/h1-30H. The van der Waals surface area contributed by atoms with Crippen LogP contribution in [-0.4, -0.2) is 0 Å². The molecule has 0 aliphatic carbocycles. The normalized spacial score (nSPS) is 12.1. The third-order valence-corrected chi connectivity index (χ3v) is 12.5. The van der Waals surface area contributed by atoms with Crippen LogP contribution in [0.3, 0.4) is 0 Å². The molecule has 2 aromatic heterocycles. The van der Waals surface area contributed by atoms with E-state index < -0.39 is 0 Å². The minimum Gasteiger partial charge on any atom is -0.456 e. The van der Waals surface area contributed by atoms with Gasteiger partial charge in [0.05, 0.1) is 0 Å². The van der Waals surface area contributed by atoms with Gasteiger partial charge in [-0.3, -0.25) is 0 Å². The second kappa shape index (κ2) is 11.4. The van der Waals surface area contributed by atoms with Crippen molar-refractivity contribution in [2.75, 3.05) is 0 Å². The lowest BCUT2D eigenvalue weighted by Gasteiger charge is -2.18. The Morgan fingerprint density at radius 3 is 1.59 bits per heavy atom. The molecule has 2 heteroatoms. The molecule has 54 heavy (non-hydrogen) atoms. The van der Waals surface area contributed by atoms with Gasteiger partial charge in [0.1, 0.15) is 11.2 Å². The molecule has 12 aromatic rings. The lowest BCUT2D eigenvalue weighted by molar-refractivity contribution is 0.670. The van der Waals surface area contributed by atoms with Crippen LogP contribution < -0.4 is 0 Å². The van der Waals surface area contributed by atoms with Crippen molar-refractivity contribution in [1.82, 2.24) is 0 Å². The van der Waals surface area contributed by atoms with Crippen molar-refractivity contribution in [2.24, 2.45) is 0 Å². The molecule has 0 atom stereocenters. The summed E-state index contributed by atoms with van der Waals surface area (Å²) in [5.41, 5.74) is 9.26. The fraction of sp³-hybridized carbons (Fsp3) is 0. The number of fused-ring (bicyclic) bond motifs is 10. The molecule has 12 rings (SSSR count). The van der Waals surface area contributed by atoms with E-state index in [1.165, 1.54) is 102 Å². The monoisotopic (exact) mass is 702 g/mol. The first kappa shape index (κ1) is 29.8. The van der Waals surface area contributed by atoms with Crippen molar-refractivity contribution in [3.05, 3.63) is 182 Å². The second-order valence-electron chi connectivity index (χ2n) is 14.4. The number of thiophene rings is 1. The first-order valence-electron chi connectivity index (χ1n) is 18.5. The van der Waals surface area contributed by atoms with Gasteiger partial charge in [0.25, 0.3) is 0 Å². The smallest absolute Gasteiger partial charge is 0.136 e. The summed E-state index contributed by atoms with van der Waals surface area (Å²) in [5.74, 6) is 0. The SMILES string of the molecule is c1cc(-c2ccc3cc4c(cc3c2)oc2cc3sc5ccccc5c3cc24)cc(-c2c3ccccc3c(-c3ccc4ccccc4c3)c3ccccc23)c1. The van der Waals surface area contributed by atoms with Crippen LogP contribution >= 0.6 is 11.3 Å². The molecule has 2 heterocycles. The fourth-order valence-corrected chi connectivity index (χ4v) is 9.98.